The normalized spacial score (nSPS) is 22.4. The lowest BCUT2D eigenvalue weighted by atomic mass is 9.73. The van der Waals surface area contributed by atoms with Crippen LogP contribution in [0, 0.1) is 0 Å². The zero-order valence-electron chi connectivity index (χ0n) is 10.2. The van der Waals surface area contributed by atoms with Crippen LogP contribution in [-0.2, 0) is 5.41 Å². The predicted molar refractivity (Wildman–Crippen MR) is 71.4 cm³/mol. The maximum Gasteiger partial charge on any atom is 0.0167 e. The fraction of sp³-hybridized carbons (Fsp3) is 0.333. The molecule has 0 bridgehead atoms. The molecule has 0 heterocycles. The van der Waals surface area contributed by atoms with E-state index in [-0.39, 0.29) is 5.41 Å². The van der Waals surface area contributed by atoms with Crippen molar-refractivity contribution in [2.24, 2.45) is 5.73 Å². The minimum atomic E-state index is 0.246. The lowest BCUT2D eigenvalue weighted by Gasteiger charge is -2.30. The Morgan fingerprint density at radius 3 is 2.31 bits per heavy atom. The molecule has 1 aromatic carbocycles. The molecule has 0 spiro atoms. The van der Waals surface area contributed by atoms with Gasteiger partial charge in [0, 0.05) is 5.41 Å². The average Bonchev–Trinajstić information content (AvgIpc) is 2.43. The van der Waals surface area contributed by atoms with Crippen LogP contribution in [-0.4, -0.2) is 7.05 Å². The number of hydrogen-bond donors (Lipinski definition) is 1. The van der Waals surface area contributed by atoms with Gasteiger partial charge in [-0.2, -0.15) is 0 Å². The fourth-order valence-corrected chi connectivity index (χ4v) is 2.12. The Kier molecular flexibility index (Phi) is 5.00. The van der Waals surface area contributed by atoms with Gasteiger partial charge in [-0.15, -0.1) is 0 Å². The van der Waals surface area contributed by atoms with E-state index in [0.29, 0.717) is 0 Å². The first-order valence-corrected chi connectivity index (χ1v) is 5.85. The molecular formula is C15H21N. The molecular weight excluding hydrogens is 194 g/mol. The molecule has 1 aliphatic rings. The monoisotopic (exact) mass is 215 g/mol. The third-order valence-corrected chi connectivity index (χ3v) is 3.12. The average molecular weight is 215 g/mol. The number of benzene rings is 1. The first kappa shape index (κ1) is 12.7. The van der Waals surface area contributed by atoms with E-state index in [4.69, 9.17) is 0 Å². The van der Waals surface area contributed by atoms with Crippen molar-refractivity contribution < 1.29 is 0 Å². The molecule has 1 aromatic rings. The Morgan fingerprint density at radius 2 is 1.81 bits per heavy atom. The van der Waals surface area contributed by atoms with E-state index in [1.807, 2.05) is 0 Å². The molecule has 0 aliphatic heterocycles. The van der Waals surface area contributed by atoms with Crippen LogP contribution in [0.25, 0.3) is 0 Å². The largest absolute Gasteiger partial charge is 0.333 e. The van der Waals surface area contributed by atoms with E-state index in [2.05, 4.69) is 67.3 Å². The number of allylic oxidation sites excluding steroid dienone is 4. The van der Waals surface area contributed by atoms with Crippen molar-refractivity contribution in [2.75, 3.05) is 7.05 Å². The lowest BCUT2D eigenvalue weighted by molar-refractivity contribution is 0.518. The van der Waals surface area contributed by atoms with Crippen LogP contribution in [0.3, 0.4) is 0 Å². The van der Waals surface area contributed by atoms with Gasteiger partial charge in [-0.05, 0) is 25.5 Å². The first-order valence-electron chi connectivity index (χ1n) is 5.85. The quantitative estimate of drug-likeness (QED) is 0.803. The van der Waals surface area contributed by atoms with Crippen molar-refractivity contribution in [1.82, 2.24) is 0 Å². The van der Waals surface area contributed by atoms with Crippen molar-refractivity contribution in [3.05, 3.63) is 60.2 Å². The molecule has 1 aliphatic carbocycles. The van der Waals surface area contributed by atoms with Gasteiger partial charge in [0.2, 0.25) is 0 Å². The molecule has 0 radical (unpaired) electrons. The Balaban J connectivity index is 0.000000606. The van der Waals surface area contributed by atoms with Crippen molar-refractivity contribution in [1.29, 1.82) is 0 Å². The van der Waals surface area contributed by atoms with Gasteiger partial charge in [0.25, 0.3) is 0 Å². The van der Waals surface area contributed by atoms with Gasteiger partial charge in [-0.25, -0.2) is 0 Å². The highest BCUT2D eigenvalue weighted by molar-refractivity contribution is 5.35. The second kappa shape index (κ2) is 6.29. The Hall–Kier alpha value is -1.34. The number of rotatable bonds is 2. The molecule has 1 nitrogen and oxygen atoms in total. The Bertz CT molecular complexity index is 351. The van der Waals surface area contributed by atoms with Gasteiger partial charge in [-0.1, -0.05) is 61.6 Å². The third kappa shape index (κ3) is 2.61. The SMILES string of the molecule is CCC1(c2ccccc2)C=CC=CC1.CN. The predicted octanol–water partition coefficient (Wildman–Crippen LogP) is 3.43. The van der Waals surface area contributed by atoms with E-state index >= 15 is 0 Å². The van der Waals surface area contributed by atoms with E-state index in [0.717, 1.165) is 12.8 Å². The summed E-state index contributed by atoms with van der Waals surface area (Å²) in [5.74, 6) is 0. The van der Waals surface area contributed by atoms with Gasteiger partial charge in [0.05, 0.1) is 0 Å². The van der Waals surface area contributed by atoms with Gasteiger partial charge in [-0.3, -0.25) is 0 Å². The molecule has 1 heteroatoms. The van der Waals surface area contributed by atoms with Crippen LogP contribution in [0.15, 0.2) is 54.6 Å². The molecule has 0 aromatic heterocycles. The molecule has 1 atom stereocenters. The van der Waals surface area contributed by atoms with Crippen LogP contribution in [0.2, 0.25) is 0 Å². The molecule has 2 N–H and O–H groups in total. The highest BCUT2D eigenvalue weighted by Gasteiger charge is 2.26. The summed E-state index contributed by atoms with van der Waals surface area (Å²) in [7, 11) is 1.50. The van der Waals surface area contributed by atoms with E-state index in [1.54, 1.807) is 0 Å². The molecule has 0 saturated heterocycles. The zero-order valence-corrected chi connectivity index (χ0v) is 10.2. The topological polar surface area (TPSA) is 26.0 Å². The van der Waals surface area contributed by atoms with Crippen LogP contribution in [0.4, 0.5) is 0 Å². The molecule has 0 fully saturated rings. The van der Waals surface area contributed by atoms with Gasteiger partial charge in [0.15, 0.2) is 0 Å². The summed E-state index contributed by atoms with van der Waals surface area (Å²) in [4.78, 5) is 0. The molecule has 1 unspecified atom stereocenters. The molecule has 16 heavy (non-hydrogen) atoms. The number of hydrogen-bond acceptors (Lipinski definition) is 1. The third-order valence-electron chi connectivity index (χ3n) is 3.12. The summed E-state index contributed by atoms with van der Waals surface area (Å²) in [5.41, 5.74) is 6.18. The lowest BCUT2D eigenvalue weighted by Crippen LogP contribution is -2.22. The summed E-state index contributed by atoms with van der Waals surface area (Å²) in [5, 5.41) is 0. The summed E-state index contributed by atoms with van der Waals surface area (Å²) >= 11 is 0. The van der Waals surface area contributed by atoms with Crippen LogP contribution >= 0.6 is 0 Å². The van der Waals surface area contributed by atoms with Crippen LogP contribution < -0.4 is 5.73 Å². The van der Waals surface area contributed by atoms with Crippen LogP contribution in [0.1, 0.15) is 25.3 Å². The minimum absolute atomic E-state index is 0.246. The summed E-state index contributed by atoms with van der Waals surface area (Å²) in [6.07, 6.45) is 11.2. The van der Waals surface area contributed by atoms with Gasteiger partial charge >= 0.3 is 0 Å². The first-order chi connectivity index (χ1) is 7.87. The highest BCUT2D eigenvalue weighted by atomic mass is 14.4. The van der Waals surface area contributed by atoms with Crippen molar-refractivity contribution in [2.45, 2.75) is 25.2 Å². The molecule has 0 saturated carbocycles. The van der Waals surface area contributed by atoms with E-state index in [1.165, 1.54) is 12.6 Å². The van der Waals surface area contributed by atoms with E-state index < -0.39 is 0 Å². The van der Waals surface area contributed by atoms with Crippen molar-refractivity contribution in [3.63, 3.8) is 0 Å². The maximum atomic E-state index is 4.50. The minimum Gasteiger partial charge on any atom is -0.333 e. The van der Waals surface area contributed by atoms with Crippen molar-refractivity contribution >= 4 is 0 Å². The summed E-state index contributed by atoms with van der Waals surface area (Å²) < 4.78 is 0. The maximum absolute atomic E-state index is 4.50. The fourth-order valence-electron chi connectivity index (χ4n) is 2.12. The Labute approximate surface area is 98.7 Å². The second-order valence-corrected chi connectivity index (χ2v) is 3.87. The van der Waals surface area contributed by atoms with Crippen molar-refractivity contribution in [3.8, 4) is 0 Å². The number of nitrogens with two attached hydrogens (primary N) is 1. The van der Waals surface area contributed by atoms with E-state index in [9.17, 15) is 0 Å². The summed E-state index contributed by atoms with van der Waals surface area (Å²) in [6.45, 7) is 2.26. The second-order valence-electron chi connectivity index (χ2n) is 3.87. The zero-order chi connectivity index (χ0) is 11.9. The standard InChI is InChI=1S/C14H16.CH5N/c1-2-14(11-7-4-8-12-14)13-9-5-3-6-10-13;1-2/h3-11H,2,12H2,1H3;2H2,1H3. The molecule has 86 valence electrons. The summed E-state index contributed by atoms with van der Waals surface area (Å²) in [6, 6.07) is 10.8. The van der Waals surface area contributed by atoms with Gasteiger partial charge in [0.1, 0.15) is 0 Å². The van der Waals surface area contributed by atoms with Gasteiger partial charge < -0.3 is 5.73 Å². The highest BCUT2D eigenvalue weighted by Crippen LogP contribution is 2.35. The smallest absolute Gasteiger partial charge is 0.0167 e. The molecule has 2 rings (SSSR count). The molecule has 0 amide bonds. The van der Waals surface area contributed by atoms with Crippen LogP contribution in [0.5, 0.6) is 0 Å². The Morgan fingerprint density at radius 1 is 1.12 bits per heavy atom.